The third kappa shape index (κ3) is 6.06. The first-order valence-corrected chi connectivity index (χ1v) is 6.57. The summed E-state index contributed by atoms with van der Waals surface area (Å²) in [4.78, 5) is 11.8. The van der Waals surface area contributed by atoms with Crippen LogP contribution in [0.2, 0.25) is 0 Å². The number of carbonyl (C=O) groups is 1. The molecular formula is C12H21F3N2O3. The van der Waals surface area contributed by atoms with E-state index in [-0.39, 0.29) is 18.5 Å². The Balaban J connectivity index is 2.39. The van der Waals surface area contributed by atoms with Crippen molar-refractivity contribution >= 4 is 5.91 Å². The number of rotatable bonds is 6. The molecule has 1 fully saturated rings. The number of carbonyl (C=O) groups excluding carboxylic acids is 1. The Bertz CT molecular complexity index is 309. The predicted molar refractivity (Wildman–Crippen MR) is 66.0 cm³/mol. The van der Waals surface area contributed by atoms with Gasteiger partial charge in [0.2, 0.25) is 0 Å². The fourth-order valence-corrected chi connectivity index (χ4v) is 2.24. The van der Waals surface area contributed by atoms with E-state index in [1.54, 1.807) is 0 Å². The average molecular weight is 298 g/mol. The van der Waals surface area contributed by atoms with Gasteiger partial charge in [-0.1, -0.05) is 0 Å². The summed E-state index contributed by atoms with van der Waals surface area (Å²) in [5.74, 6) is -0.337. The molecule has 0 bridgehead atoms. The van der Waals surface area contributed by atoms with Gasteiger partial charge in [-0.05, 0) is 25.7 Å². The Hall–Kier alpha value is -0.860. The molecule has 8 heteroatoms. The van der Waals surface area contributed by atoms with Gasteiger partial charge in [-0.15, -0.1) is 0 Å². The van der Waals surface area contributed by atoms with Crippen LogP contribution in [0.15, 0.2) is 0 Å². The molecule has 1 saturated carbocycles. The number of alkyl halides is 3. The molecule has 0 aromatic rings. The van der Waals surface area contributed by atoms with E-state index in [1.165, 1.54) is 7.11 Å². The summed E-state index contributed by atoms with van der Waals surface area (Å²) in [6, 6.07) is -0.196. The van der Waals surface area contributed by atoms with Crippen molar-refractivity contribution in [3.63, 3.8) is 0 Å². The standard InChI is InChI=1S/C12H21F3N2O3/c1-19-10(6-16)11(18)17-8-3-2-4-9(5-8)20-7-12(13,14)15/h8-10H,2-7,16H2,1H3,(H,17,18). The van der Waals surface area contributed by atoms with Gasteiger partial charge in [0, 0.05) is 19.7 Å². The largest absolute Gasteiger partial charge is 0.411 e. The monoisotopic (exact) mass is 298 g/mol. The van der Waals surface area contributed by atoms with Gasteiger partial charge in [0.05, 0.1) is 6.10 Å². The Morgan fingerprint density at radius 1 is 1.45 bits per heavy atom. The van der Waals surface area contributed by atoms with Crippen LogP contribution in [0, 0.1) is 0 Å². The highest BCUT2D eigenvalue weighted by Crippen LogP contribution is 2.24. The lowest BCUT2D eigenvalue weighted by Gasteiger charge is -2.30. The van der Waals surface area contributed by atoms with Crippen molar-refractivity contribution in [2.75, 3.05) is 20.3 Å². The molecule has 0 saturated heterocycles. The maximum atomic E-state index is 12.1. The fourth-order valence-electron chi connectivity index (χ4n) is 2.24. The second-order valence-electron chi connectivity index (χ2n) is 4.88. The number of amides is 1. The van der Waals surface area contributed by atoms with Crippen molar-refractivity contribution in [1.29, 1.82) is 0 Å². The molecule has 3 unspecified atom stereocenters. The number of hydrogen-bond donors (Lipinski definition) is 2. The van der Waals surface area contributed by atoms with Gasteiger partial charge in [0.1, 0.15) is 12.7 Å². The molecule has 0 heterocycles. The highest BCUT2D eigenvalue weighted by atomic mass is 19.4. The highest BCUT2D eigenvalue weighted by molar-refractivity contribution is 5.81. The minimum atomic E-state index is -4.32. The molecule has 0 aromatic carbocycles. The lowest BCUT2D eigenvalue weighted by atomic mass is 9.92. The van der Waals surface area contributed by atoms with E-state index in [2.05, 4.69) is 5.32 Å². The smallest absolute Gasteiger partial charge is 0.370 e. The number of ether oxygens (including phenoxy) is 2. The minimum absolute atomic E-state index is 0.0586. The Morgan fingerprint density at radius 3 is 2.70 bits per heavy atom. The summed E-state index contributed by atoms with van der Waals surface area (Å²) in [5, 5.41) is 2.74. The van der Waals surface area contributed by atoms with E-state index < -0.39 is 25.0 Å². The number of nitrogens with one attached hydrogen (secondary N) is 1. The summed E-state index contributed by atoms with van der Waals surface area (Å²) in [7, 11) is 1.38. The molecule has 3 N–H and O–H groups in total. The third-order valence-electron chi connectivity index (χ3n) is 3.25. The summed E-state index contributed by atoms with van der Waals surface area (Å²) < 4.78 is 46.0. The van der Waals surface area contributed by atoms with Gasteiger partial charge >= 0.3 is 6.18 Å². The van der Waals surface area contributed by atoms with Crippen LogP contribution in [0.5, 0.6) is 0 Å². The summed E-state index contributed by atoms with van der Waals surface area (Å²) in [6.45, 7) is -1.19. The first-order valence-electron chi connectivity index (χ1n) is 6.57. The van der Waals surface area contributed by atoms with E-state index >= 15 is 0 Å². The normalized spacial score (nSPS) is 25.2. The highest BCUT2D eigenvalue weighted by Gasteiger charge is 2.32. The Kier molecular flexibility index (Phi) is 6.70. The lowest BCUT2D eigenvalue weighted by Crippen LogP contribution is -2.47. The number of methoxy groups -OCH3 is 1. The van der Waals surface area contributed by atoms with Gasteiger partial charge in [-0.2, -0.15) is 13.2 Å². The van der Waals surface area contributed by atoms with Crippen LogP contribution < -0.4 is 11.1 Å². The van der Waals surface area contributed by atoms with Gasteiger partial charge in [-0.3, -0.25) is 4.79 Å². The van der Waals surface area contributed by atoms with E-state index in [9.17, 15) is 18.0 Å². The van der Waals surface area contributed by atoms with Crippen LogP contribution in [0.1, 0.15) is 25.7 Å². The Labute approximate surface area is 116 Å². The van der Waals surface area contributed by atoms with Crippen LogP contribution in [-0.4, -0.2) is 50.6 Å². The average Bonchev–Trinajstić information content (AvgIpc) is 2.37. The zero-order valence-electron chi connectivity index (χ0n) is 11.4. The molecule has 0 aliphatic heterocycles. The maximum absolute atomic E-state index is 12.1. The number of nitrogens with two attached hydrogens (primary N) is 1. The van der Waals surface area contributed by atoms with Crippen molar-refractivity contribution in [3.8, 4) is 0 Å². The SMILES string of the molecule is COC(CN)C(=O)NC1CCCC(OCC(F)(F)F)C1. The van der Waals surface area contributed by atoms with E-state index in [1.807, 2.05) is 0 Å². The summed E-state index contributed by atoms with van der Waals surface area (Å²) in [6.07, 6.45) is -3.14. The van der Waals surface area contributed by atoms with Crippen molar-refractivity contribution in [2.45, 2.75) is 50.1 Å². The maximum Gasteiger partial charge on any atom is 0.411 e. The quantitative estimate of drug-likeness (QED) is 0.766. The molecular weight excluding hydrogens is 277 g/mol. The van der Waals surface area contributed by atoms with Crippen molar-refractivity contribution in [2.24, 2.45) is 5.73 Å². The van der Waals surface area contributed by atoms with E-state index in [4.69, 9.17) is 15.2 Å². The van der Waals surface area contributed by atoms with Gasteiger partial charge in [0.15, 0.2) is 0 Å². The van der Waals surface area contributed by atoms with Crippen LogP contribution in [-0.2, 0) is 14.3 Å². The number of hydrogen-bond acceptors (Lipinski definition) is 4. The number of halogens is 3. The summed E-state index contributed by atoms with van der Waals surface area (Å²) in [5.41, 5.74) is 5.38. The third-order valence-corrected chi connectivity index (χ3v) is 3.25. The molecule has 20 heavy (non-hydrogen) atoms. The van der Waals surface area contributed by atoms with Crippen molar-refractivity contribution in [1.82, 2.24) is 5.32 Å². The summed E-state index contributed by atoms with van der Waals surface area (Å²) >= 11 is 0. The van der Waals surface area contributed by atoms with Crippen molar-refractivity contribution < 1.29 is 27.4 Å². The zero-order valence-corrected chi connectivity index (χ0v) is 11.4. The minimum Gasteiger partial charge on any atom is -0.370 e. The Morgan fingerprint density at radius 2 is 2.15 bits per heavy atom. The zero-order chi connectivity index (χ0) is 15.2. The molecule has 1 aliphatic rings. The second kappa shape index (κ2) is 7.80. The van der Waals surface area contributed by atoms with E-state index in [0.717, 1.165) is 6.42 Å². The molecule has 0 radical (unpaired) electrons. The van der Waals surface area contributed by atoms with Crippen molar-refractivity contribution in [3.05, 3.63) is 0 Å². The fraction of sp³-hybridized carbons (Fsp3) is 0.917. The predicted octanol–water partition coefficient (Wildman–Crippen LogP) is 0.966. The molecule has 3 atom stereocenters. The molecule has 1 aliphatic carbocycles. The first kappa shape index (κ1) is 17.2. The van der Waals surface area contributed by atoms with Crippen LogP contribution in [0.3, 0.4) is 0 Å². The topological polar surface area (TPSA) is 73.6 Å². The van der Waals surface area contributed by atoms with Crippen LogP contribution in [0.25, 0.3) is 0 Å². The molecule has 5 nitrogen and oxygen atoms in total. The molecule has 1 amide bonds. The van der Waals surface area contributed by atoms with Gasteiger partial charge in [0.25, 0.3) is 5.91 Å². The van der Waals surface area contributed by atoms with Crippen LogP contribution >= 0.6 is 0 Å². The van der Waals surface area contributed by atoms with E-state index in [0.29, 0.717) is 19.3 Å². The van der Waals surface area contributed by atoms with Gasteiger partial charge < -0.3 is 20.5 Å². The van der Waals surface area contributed by atoms with Crippen LogP contribution in [0.4, 0.5) is 13.2 Å². The molecule has 1 rings (SSSR count). The molecule has 0 aromatic heterocycles. The second-order valence-corrected chi connectivity index (χ2v) is 4.88. The van der Waals surface area contributed by atoms with Gasteiger partial charge in [-0.25, -0.2) is 0 Å². The molecule has 0 spiro atoms. The first-order chi connectivity index (χ1) is 9.35. The lowest BCUT2D eigenvalue weighted by molar-refractivity contribution is -0.188. The molecule has 118 valence electrons.